The third-order valence-electron chi connectivity index (χ3n) is 3.46. The van der Waals surface area contributed by atoms with Gasteiger partial charge in [0.1, 0.15) is 16.8 Å². The van der Waals surface area contributed by atoms with Crippen LogP contribution >= 0.6 is 11.3 Å². The van der Waals surface area contributed by atoms with E-state index in [1.165, 1.54) is 32.1 Å². The number of methoxy groups -OCH3 is 1. The van der Waals surface area contributed by atoms with Crippen molar-refractivity contribution < 1.29 is 9.53 Å². The van der Waals surface area contributed by atoms with Gasteiger partial charge < -0.3 is 4.74 Å². The Morgan fingerprint density at radius 2 is 2.18 bits per heavy atom. The fourth-order valence-electron chi connectivity index (χ4n) is 2.51. The molecule has 94 valence electrons. The Morgan fingerprint density at radius 1 is 1.47 bits per heavy atom. The van der Waals surface area contributed by atoms with E-state index in [1.807, 2.05) is 5.38 Å². The Hall–Kier alpha value is -0.740. The van der Waals surface area contributed by atoms with Crippen LogP contribution in [-0.4, -0.2) is 17.9 Å². The first-order chi connectivity index (χ1) is 8.22. The number of ether oxygens (including phenoxy) is 1. The molecular formula is C13H19NO2S. The van der Waals surface area contributed by atoms with E-state index in [2.05, 4.69) is 4.98 Å². The quantitative estimate of drug-likeness (QED) is 0.769. The molecule has 1 aliphatic carbocycles. The minimum Gasteiger partial charge on any atom is -0.374 e. The molecule has 2 rings (SSSR count). The maximum absolute atomic E-state index is 11.2. The van der Waals surface area contributed by atoms with Gasteiger partial charge in [-0.25, -0.2) is 4.98 Å². The van der Waals surface area contributed by atoms with E-state index in [0.717, 1.165) is 5.01 Å². The summed E-state index contributed by atoms with van der Waals surface area (Å²) >= 11 is 1.55. The van der Waals surface area contributed by atoms with Crippen molar-refractivity contribution in [2.75, 3.05) is 7.11 Å². The van der Waals surface area contributed by atoms with Crippen LogP contribution in [0.2, 0.25) is 0 Å². The molecule has 0 saturated heterocycles. The van der Waals surface area contributed by atoms with Crippen molar-refractivity contribution in [3.63, 3.8) is 0 Å². The molecule has 1 unspecified atom stereocenters. The Kier molecular flexibility index (Phi) is 4.29. The summed E-state index contributed by atoms with van der Waals surface area (Å²) in [5.41, 5.74) is 0.572. The van der Waals surface area contributed by atoms with Crippen molar-refractivity contribution in [3.8, 4) is 0 Å². The van der Waals surface area contributed by atoms with Crippen molar-refractivity contribution in [3.05, 3.63) is 16.1 Å². The third-order valence-corrected chi connectivity index (χ3v) is 4.36. The molecule has 0 N–H and O–H groups in total. The van der Waals surface area contributed by atoms with Gasteiger partial charge in [-0.15, -0.1) is 11.3 Å². The Bertz CT molecular complexity index is 383. The van der Waals surface area contributed by atoms with E-state index in [1.54, 1.807) is 25.4 Å². The van der Waals surface area contributed by atoms with Gasteiger partial charge in [0.15, 0.2) is 5.78 Å². The van der Waals surface area contributed by atoms with Crippen molar-refractivity contribution >= 4 is 17.1 Å². The molecule has 1 atom stereocenters. The van der Waals surface area contributed by atoms with Crippen LogP contribution in [0.4, 0.5) is 0 Å². The lowest BCUT2D eigenvalue weighted by atomic mass is 9.85. The summed E-state index contributed by atoms with van der Waals surface area (Å²) in [7, 11) is 1.74. The van der Waals surface area contributed by atoms with Crippen molar-refractivity contribution in [1.29, 1.82) is 0 Å². The number of hydrogen-bond donors (Lipinski definition) is 0. The second-order valence-corrected chi connectivity index (χ2v) is 5.57. The number of nitrogens with zero attached hydrogens (tertiary/aromatic N) is 1. The summed E-state index contributed by atoms with van der Waals surface area (Å²) in [6.45, 7) is 1.56. The van der Waals surface area contributed by atoms with Gasteiger partial charge in [-0.3, -0.25) is 4.79 Å². The largest absolute Gasteiger partial charge is 0.374 e. The average Bonchev–Trinajstić information content (AvgIpc) is 2.81. The molecule has 0 aliphatic heterocycles. The molecule has 0 radical (unpaired) electrons. The molecule has 1 aromatic heterocycles. The molecule has 0 bridgehead atoms. The van der Waals surface area contributed by atoms with Gasteiger partial charge in [-0.05, 0) is 18.8 Å². The maximum atomic E-state index is 11.2. The van der Waals surface area contributed by atoms with Crippen LogP contribution in [-0.2, 0) is 4.74 Å². The summed E-state index contributed by atoms with van der Waals surface area (Å²) in [5, 5.41) is 2.80. The lowest BCUT2D eigenvalue weighted by Gasteiger charge is -2.27. The number of carbonyl (C=O) groups excluding carboxylic acids is 1. The van der Waals surface area contributed by atoms with E-state index in [9.17, 15) is 4.79 Å². The molecule has 0 amide bonds. The lowest BCUT2D eigenvalue weighted by molar-refractivity contribution is 0.0351. The first-order valence-corrected chi connectivity index (χ1v) is 7.09. The van der Waals surface area contributed by atoms with Gasteiger partial charge >= 0.3 is 0 Å². The minimum atomic E-state index is 0.0333. The molecule has 1 saturated carbocycles. The van der Waals surface area contributed by atoms with Crippen LogP contribution in [0.1, 0.15) is 60.6 Å². The monoisotopic (exact) mass is 253 g/mol. The summed E-state index contributed by atoms with van der Waals surface area (Å²) in [5.74, 6) is 0.603. The fourth-order valence-corrected chi connectivity index (χ4v) is 3.54. The molecule has 0 spiro atoms. The van der Waals surface area contributed by atoms with Crippen LogP contribution in [0.3, 0.4) is 0 Å². The Balaban J connectivity index is 2.12. The van der Waals surface area contributed by atoms with E-state index < -0.39 is 0 Å². The van der Waals surface area contributed by atoms with E-state index in [4.69, 9.17) is 4.74 Å². The first-order valence-electron chi connectivity index (χ1n) is 6.21. The zero-order valence-electron chi connectivity index (χ0n) is 10.4. The number of rotatable bonds is 4. The highest BCUT2D eigenvalue weighted by molar-refractivity contribution is 7.09. The van der Waals surface area contributed by atoms with E-state index >= 15 is 0 Å². The predicted octanol–water partition coefficient (Wildman–Crippen LogP) is 3.61. The zero-order chi connectivity index (χ0) is 12.3. The molecule has 17 heavy (non-hydrogen) atoms. The summed E-state index contributed by atoms with van der Waals surface area (Å²) < 4.78 is 5.61. The van der Waals surface area contributed by atoms with Gasteiger partial charge in [0.25, 0.3) is 0 Å². The smallest absolute Gasteiger partial charge is 0.178 e. The highest BCUT2D eigenvalue weighted by Crippen LogP contribution is 2.37. The van der Waals surface area contributed by atoms with Crippen LogP contribution in [0.25, 0.3) is 0 Å². The number of ketones is 1. The number of carbonyl (C=O) groups is 1. The first kappa shape index (κ1) is 12.7. The highest BCUT2D eigenvalue weighted by Gasteiger charge is 2.27. The molecule has 1 heterocycles. The number of Topliss-reactive ketones (excluding diaryl/α,β-unsaturated/α-hetero) is 1. The standard InChI is InChI=1S/C13H19NO2S/c1-9(15)11-8-17-13(14-11)12(16-2)10-6-4-3-5-7-10/h8,10,12H,3-7H2,1-2H3. The minimum absolute atomic E-state index is 0.0333. The molecule has 3 nitrogen and oxygen atoms in total. The van der Waals surface area contributed by atoms with Crippen molar-refractivity contribution in [2.45, 2.75) is 45.1 Å². The zero-order valence-corrected chi connectivity index (χ0v) is 11.3. The molecule has 4 heteroatoms. The van der Waals surface area contributed by atoms with Gasteiger partial charge in [-0.2, -0.15) is 0 Å². The van der Waals surface area contributed by atoms with E-state index in [-0.39, 0.29) is 11.9 Å². The van der Waals surface area contributed by atoms with Crippen molar-refractivity contribution in [1.82, 2.24) is 4.98 Å². The normalized spacial score (nSPS) is 19.2. The van der Waals surface area contributed by atoms with Gasteiger partial charge in [0, 0.05) is 19.4 Å². The summed E-state index contributed by atoms with van der Waals surface area (Å²) in [4.78, 5) is 15.6. The molecule has 1 aromatic rings. The average molecular weight is 253 g/mol. The molecule has 0 aromatic carbocycles. The predicted molar refractivity (Wildman–Crippen MR) is 68.4 cm³/mol. The molecule has 1 aliphatic rings. The number of aromatic nitrogens is 1. The third kappa shape index (κ3) is 2.93. The number of hydrogen-bond acceptors (Lipinski definition) is 4. The maximum Gasteiger partial charge on any atom is 0.178 e. The molecule has 1 fully saturated rings. The Labute approximate surface area is 106 Å². The van der Waals surface area contributed by atoms with Crippen LogP contribution in [0.5, 0.6) is 0 Å². The second-order valence-electron chi connectivity index (χ2n) is 4.68. The highest BCUT2D eigenvalue weighted by atomic mass is 32.1. The van der Waals surface area contributed by atoms with Gasteiger partial charge in [0.05, 0.1) is 0 Å². The van der Waals surface area contributed by atoms with E-state index in [0.29, 0.717) is 11.6 Å². The Morgan fingerprint density at radius 3 is 2.71 bits per heavy atom. The topological polar surface area (TPSA) is 39.2 Å². The number of thiazole rings is 1. The van der Waals surface area contributed by atoms with Crippen LogP contribution < -0.4 is 0 Å². The van der Waals surface area contributed by atoms with Crippen molar-refractivity contribution in [2.24, 2.45) is 5.92 Å². The summed E-state index contributed by atoms with van der Waals surface area (Å²) in [6.07, 6.45) is 6.42. The van der Waals surface area contributed by atoms with Crippen LogP contribution in [0.15, 0.2) is 5.38 Å². The second kappa shape index (κ2) is 5.74. The molecular weight excluding hydrogens is 234 g/mol. The van der Waals surface area contributed by atoms with Gasteiger partial charge in [0.2, 0.25) is 0 Å². The van der Waals surface area contributed by atoms with Crippen LogP contribution in [0, 0.1) is 5.92 Å². The summed E-state index contributed by atoms with van der Waals surface area (Å²) in [6, 6.07) is 0. The SMILES string of the molecule is COC(c1nc(C(C)=O)cs1)C1CCCCC1. The lowest BCUT2D eigenvalue weighted by Crippen LogP contribution is -2.18. The fraction of sp³-hybridized carbons (Fsp3) is 0.692. The van der Waals surface area contributed by atoms with Gasteiger partial charge in [-0.1, -0.05) is 19.3 Å².